The normalized spacial score (nSPS) is 11.3. The Bertz CT molecular complexity index is 366. The highest BCUT2D eigenvalue weighted by Crippen LogP contribution is 2.21. The van der Waals surface area contributed by atoms with Gasteiger partial charge in [-0.1, -0.05) is 25.4 Å². The van der Waals surface area contributed by atoms with E-state index in [0.717, 1.165) is 29.8 Å². The average molecular weight is 402 g/mol. The fourth-order valence-electron chi connectivity index (χ4n) is 1.31. The molecule has 0 atom stereocenters. The first-order valence-electron chi connectivity index (χ1n) is 5.80. The molecule has 0 aliphatic carbocycles. The molecule has 0 saturated carbocycles. The molecule has 0 amide bonds. The van der Waals surface area contributed by atoms with Crippen LogP contribution in [0.25, 0.3) is 0 Å². The second-order valence-corrected chi connectivity index (χ2v) is 6.03. The summed E-state index contributed by atoms with van der Waals surface area (Å²) in [4.78, 5) is 5.46. The van der Waals surface area contributed by atoms with Crippen molar-refractivity contribution in [1.29, 1.82) is 0 Å². The maximum atomic E-state index is 5.88. The molecule has 0 radical (unpaired) electrons. The highest BCUT2D eigenvalue weighted by atomic mass is 127. The summed E-state index contributed by atoms with van der Waals surface area (Å²) in [5, 5.41) is 6.56. The van der Waals surface area contributed by atoms with Crippen LogP contribution in [0.5, 0.6) is 0 Å². The number of nitrogens with one attached hydrogen (secondary N) is 2. The van der Waals surface area contributed by atoms with Crippen molar-refractivity contribution in [3.8, 4) is 0 Å². The molecule has 0 saturated heterocycles. The van der Waals surface area contributed by atoms with Crippen LogP contribution >= 0.6 is 46.9 Å². The van der Waals surface area contributed by atoms with Crippen LogP contribution in [0.1, 0.15) is 18.7 Å². The Kier molecular flexibility index (Phi) is 9.85. The summed E-state index contributed by atoms with van der Waals surface area (Å²) in [5.41, 5.74) is 0. The molecule has 0 fully saturated rings. The molecule has 6 heteroatoms. The van der Waals surface area contributed by atoms with E-state index in [0.29, 0.717) is 5.92 Å². The Morgan fingerprint density at radius 2 is 2.11 bits per heavy atom. The molecule has 1 aromatic heterocycles. The average Bonchev–Trinajstić information content (AvgIpc) is 2.69. The van der Waals surface area contributed by atoms with Crippen LogP contribution in [0.3, 0.4) is 0 Å². The highest BCUT2D eigenvalue weighted by Gasteiger charge is 2.00. The van der Waals surface area contributed by atoms with Gasteiger partial charge in [0.25, 0.3) is 0 Å². The third-order valence-corrected chi connectivity index (χ3v) is 3.48. The number of thiophene rings is 1. The van der Waals surface area contributed by atoms with Crippen molar-refractivity contribution >= 4 is 52.9 Å². The van der Waals surface area contributed by atoms with Crippen LogP contribution < -0.4 is 10.6 Å². The summed E-state index contributed by atoms with van der Waals surface area (Å²) < 4.78 is 0.849. The minimum Gasteiger partial charge on any atom is -0.356 e. The smallest absolute Gasteiger partial charge is 0.190 e. The van der Waals surface area contributed by atoms with E-state index in [2.05, 4.69) is 35.5 Å². The fraction of sp³-hybridized carbons (Fsp3) is 0.583. The second-order valence-electron chi connectivity index (χ2n) is 4.23. The first-order chi connectivity index (χ1) is 8.11. The van der Waals surface area contributed by atoms with E-state index in [1.807, 2.05) is 6.07 Å². The molecule has 1 heterocycles. The standard InChI is InChI=1S/C12H20ClN3S.HI/c1-9(2)8-16-12(14-3)15-7-6-10-4-5-11(13)17-10;/h4-5,9H,6-8H2,1-3H3,(H2,14,15,16);1H. The lowest BCUT2D eigenvalue weighted by Gasteiger charge is -2.12. The third-order valence-electron chi connectivity index (χ3n) is 2.19. The third kappa shape index (κ3) is 7.43. The largest absolute Gasteiger partial charge is 0.356 e. The Morgan fingerprint density at radius 3 is 2.61 bits per heavy atom. The van der Waals surface area contributed by atoms with E-state index in [9.17, 15) is 0 Å². The van der Waals surface area contributed by atoms with Crippen molar-refractivity contribution in [3.05, 3.63) is 21.3 Å². The van der Waals surface area contributed by atoms with Gasteiger partial charge in [-0.15, -0.1) is 35.3 Å². The molecule has 0 aliphatic heterocycles. The Hall–Kier alpha value is -0.0100. The molecule has 1 aromatic rings. The Labute approximate surface area is 135 Å². The number of rotatable bonds is 5. The minimum absolute atomic E-state index is 0. The van der Waals surface area contributed by atoms with Crippen LogP contribution in [0, 0.1) is 5.92 Å². The number of guanidine groups is 1. The minimum atomic E-state index is 0. The molecule has 0 bridgehead atoms. The van der Waals surface area contributed by atoms with Gasteiger partial charge in [0.15, 0.2) is 5.96 Å². The van der Waals surface area contributed by atoms with Gasteiger partial charge in [0.1, 0.15) is 0 Å². The molecule has 0 aliphatic rings. The van der Waals surface area contributed by atoms with E-state index in [1.54, 1.807) is 18.4 Å². The van der Waals surface area contributed by atoms with Gasteiger partial charge >= 0.3 is 0 Å². The zero-order valence-corrected chi connectivity index (χ0v) is 14.9. The predicted molar refractivity (Wildman–Crippen MR) is 92.7 cm³/mol. The monoisotopic (exact) mass is 401 g/mol. The molecule has 104 valence electrons. The quantitative estimate of drug-likeness (QED) is 0.451. The molecule has 1 rings (SSSR count). The van der Waals surface area contributed by atoms with Crippen molar-refractivity contribution < 1.29 is 0 Å². The molecule has 0 spiro atoms. The zero-order valence-electron chi connectivity index (χ0n) is 11.0. The Morgan fingerprint density at radius 1 is 1.39 bits per heavy atom. The zero-order chi connectivity index (χ0) is 12.7. The first-order valence-corrected chi connectivity index (χ1v) is 7.00. The van der Waals surface area contributed by atoms with Gasteiger partial charge in [0.2, 0.25) is 0 Å². The lowest BCUT2D eigenvalue weighted by Crippen LogP contribution is -2.39. The molecule has 0 unspecified atom stereocenters. The topological polar surface area (TPSA) is 36.4 Å². The van der Waals surface area contributed by atoms with E-state index in [1.165, 1.54) is 4.88 Å². The summed E-state index contributed by atoms with van der Waals surface area (Å²) >= 11 is 7.51. The maximum absolute atomic E-state index is 5.88. The molecular formula is C12H21ClIN3S. The lowest BCUT2D eigenvalue weighted by atomic mass is 10.2. The number of halogens is 2. The molecule has 3 nitrogen and oxygen atoms in total. The number of nitrogens with zero attached hydrogens (tertiary/aromatic N) is 1. The van der Waals surface area contributed by atoms with Gasteiger partial charge in [-0.2, -0.15) is 0 Å². The van der Waals surface area contributed by atoms with Gasteiger partial charge in [-0.05, 0) is 24.5 Å². The van der Waals surface area contributed by atoms with Crippen molar-refractivity contribution in [2.24, 2.45) is 10.9 Å². The predicted octanol–water partition coefficient (Wildman–Crippen LogP) is 3.38. The summed E-state index contributed by atoms with van der Waals surface area (Å²) in [5.74, 6) is 1.48. The summed E-state index contributed by atoms with van der Waals surface area (Å²) in [7, 11) is 1.79. The fourth-order valence-corrected chi connectivity index (χ4v) is 2.40. The van der Waals surface area contributed by atoms with Crippen LogP contribution in [0.15, 0.2) is 17.1 Å². The van der Waals surface area contributed by atoms with Gasteiger partial charge in [-0.25, -0.2) is 0 Å². The number of hydrogen-bond donors (Lipinski definition) is 2. The molecular weight excluding hydrogens is 381 g/mol. The highest BCUT2D eigenvalue weighted by molar-refractivity contribution is 14.0. The summed E-state index contributed by atoms with van der Waals surface area (Å²) in [6.07, 6.45) is 0.972. The van der Waals surface area contributed by atoms with Crippen LogP contribution in [0.2, 0.25) is 4.34 Å². The van der Waals surface area contributed by atoms with Gasteiger partial charge in [0, 0.05) is 25.0 Å². The van der Waals surface area contributed by atoms with Gasteiger partial charge in [-0.3, -0.25) is 4.99 Å². The summed E-state index contributed by atoms with van der Waals surface area (Å²) in [6.45, 7) is 6.15. The summed E-state index contributed by atoms with van der Waals surface area (Å²) in [6, 6.07) is 4.01. The molecule has 18 heavy (non-hydrogen) atoms. The molecule has 2 N–H and O–H groups in total. The van der Waals surface area contributed by atoms with Crippen LogP contribution in [-0.4, -0.2) is 26.1 Å². The van der Waals surface area contributed by atoms with E-state index in [-0.39, 0.29) is 24.0 Å². The van der Waals surface area contributed by atoms with E-state index < -0.39 is 0 Å². The van der Waals surface area contributed by atoms with Crippen molar-refractivity contribution in [2.45, 2.75) is 20.3 Å². The van der Waals surface area contributed by atoms with E-state index in [4.69, 9.17) is 11.6 Å². The SMILES string of the molecule is CN=C(NCCc1ccc(Cl)s1)NCC(C)C.I. The lowest BCUT2D eigenvalue weighted by molar-refractivity contribution is 0.615. The maximum Gasteiger partial charge on any atom is 0.190 e. The first kappa shape index (κ1) is 18.0. The van der Waals surface area contributed by atoms with E-state index >= 15 is 0 Å². The Balaban J connectivity index is 0.00000289. The van der Waals surface area contributed by atoms with Crippen molar-refractivity contribution in [2.75, 3.05) is 20.1 Å². The van der Waals surface area contributed by atoms with Crippen LogP contribution in [0.4, 0.5) is 0 Å². The molecule has 0 aromatic carbocycles. The van der Waals surface area contributed by atoms with Crippen LogP contribution in [-0.2, 0) is 6.42 Å². The number of aliphatic imine (C=N–C) groups is 1. The second kappa shape index (κ2) is 9.86. The van der Waals surface area contributed by atoms with Gasteiger partial charge < -0.3 is 10.6 Å². The van der Waals surface area contributed by atoms with Crippen molar-refractivity contribution in [1.82, 2.24) is 10.6 Å². The van der Waals surface area contributed by atoms with Crippen molar-refractivity contribution in [3.63, 3.8) is 0 Å². The number of hydrogen-bond acceptors (Lipinski definition) is 2. The van der Waals surface area contributed by atoms with Gasteiger partial charge in [0.05, 0.1) is 4.34 Å².